The predicted octanol–water partition coefficient (Wildman–Crippen LogP) is 6.41. The molecule has 4 nitrogen and oxygen atoms in total. The zero-order valence-electron chi connectivity index (χ0n) is 19.7. The molecular weight excluding hydrogens is 430 g/mol. The molecule has 0 spiro atoms. The first-order valence-electron chi connectivity index (χ1n) is 11.1. The van der Waals surface area contributed by atoms with Gasteiger partial charge in [0, 0.05) is 15.6 Å². The van der Waals surface area contributed by atoms with Gasteiger partial charge in [0.05, 0.1) is 16.6 Å². The molecule has 0 aliphatic rings. The minimum atomic E-state index is -0.804. The van der Waals surface area contributed by atoms with Gasteiger partial charge in [-0.3, -0.25) is 9.59 Å². The van der Waals surface area contributed by atoms with Crippen molar-refractivity contribution in [3.05, 3.63) is 80.1 Å². The van der Waals surface area contributed by atoms with Gasteiger partial charge in [0.1, 0.15) is 5.00 Å². The summed E-state index contributed by atoms with van der Waals surface area (Å²) in [6, 6.07) is 17.0. The molecular formula is C28H27NO3S. The zero-order chi connectivity index (χ0) is 23.9. The van der Waals surface area contributed by atoms with Crippen LogP contribution >= 0.6 is 11.3 Å². The van der Waals surface area contributed by atoms with E-state index in [9.17, 15) is 14.7 Å². The molecule has 0 aliphatic heterocycles. The smallest absolute Gasteiger partial charge is 0.268 e. The standard InChI is InChI=1S/C28H27NO3S/c1-27(2,3)15-7-9-19-17(13-15)18-14-16(28(4,5)6)8-10-20(18)29(19)22-12-11-21(33-22)23-24(30)26(32)25(23)31/h7-14,30H,1-6H3. The SMILES string of the molecule is CC(C)(C)c1ccc2c(c1)c1cc(C(C)(C)C)ccc1n2-c1ccc(-c2c(O)c(=O)c2=O)s1. The van der Waals surface area contributed by atoms with Crippen LogP contribution in [0.1, 0.15) is 52.7 Å². The van der Waals surface area contributed by atoms with Crippen molar-refractivity contribution in [2.45, 2.75) is 52.4 Å². The van der Waals surface area contributed by atoms with Crippen molar-refractivity contribution in [2.75, 3.05) is 0 Å². The Morgan fingerprint density at radius 2 is 1.24 bits per heavy atom. The summed E-state index contributed by atoms with van der Waals surface area (Å²) in [5.41, 5.74) is 3.49. The molecule has 0 radical (unpaired) electrons. The average molecular weight is 458 g/mol. The van der Waals surface area contributed by atoms with E-state index in [1.54, 1.807) is 6.07 Å². The molecule has 5 rings (SSSR count). The third-order valence-corrected chi connectivity index (χ3v) is 7.53. The van der Waals surface area contributed by atoms with Gasteiger partial charge < -0.3 is 9.67 Å². The predicted molar refractivity (Wildman–Crippen MR) is 138 cm³/mol. The van der Waals surface area contributed by atoms with Crippen molar-refractivity contribution < 1.29 is 5.11 Å². The Hall–Kier alpha value is -3.18. The monoisotopic (exact) mass is 457 g/mol. The minimum absolute atomic E-state index is 0.0292. The van der Waals surface area contributed by atoms with E-state index in [0.29, 0.717) is 4.88 Å². The lowest BCUT2D eigenvalue weighted by atomic mass is 9.85. The summed E-state index contributed by atoms with van der Waals surface area (Å²) in [7, 11) is 0. The highest BCUT2D eigenvalue weighted by Gasteiger charge is 2.25. The Bertz CT molecular complexity index is 1560. The third-order valence-electron chi connectivity index (χ3n) is 6.44. The number of hydrogen-bond donors (Lipinski definition) is 1. The molecule has 0 unspecified atom stereocenters. The second kappa shape index (κ2) is 6.91. The van der Waals surface area contributed by atoms with E-state index < -0.39 is 16.6 Å². The molecule has 0 amide bonds. The highest BCUT2D eigenvalue weighted by atomic mass is 32.1. The fourth-order valence-corrected chi connectivity index (χ4v) is 5.46. The maximum atomic E-state index is 12.0. The summed E-state index contributed by atoms with van der Waals surface area (Å²) >= 11 is 1.41. The molecule has 0 aliphatic carbocycles. The first-order valence-corrected chi connectivity index (χ1v) is 11.9. The van der Waals surface area contributed by atoms with Crippen LogP contribution in [0.2, 0.25) is 0 Å². The number of thiophene rings is 1. The molecule has 0 saturated carbocycles. The molecule has 2 aromatic heterocycles. The number of aromatic nitrogens is 1. The molecule has 2 heterocycles. The van der Waals surface area contributed by atoms with E-state index in [4.69, 9.17) is 0 Å². The maximum absolute atomic E-state index is 12.0. The molecule has 0 fully saturated rings. The topological polar surface area (TPSA) is 59.3 Å². The molecule has 168 valence electrons. The summed E-state index contributed by atoms with van der Waals surface area (Å²) in [5, 5.41) is 13.2. The Balaban J connectivity index is 1.80. The van der Waals surface area contributed by atoms with Crippen LogP contribution in [-0.4, -0.2) is 9.67 Å². The van der Waals surface area contributed by atoms with E-state index in [2.05, 4.69) is 82.5 Å². The van der Waals surface area contributed by atoms with Gasteiger partial charge in [0.2, 0.25) is 5.43 Å². The summed E-state index contributed by atoms with van der Waals surface area (Å²) in [4.78, 5) is 24.1. The average Bonchev–Trinajstić information content (AvgIpc) is 3.33. The lowest BCUT2D eigenvalue weighted by Gasteiger charge is -2.19. The molecule has 3 aromatic carbocycles. The van der Waals surface area contributed by atoms with E-state index in [-0.39, 0.29) is 16.4 Å². The van der Waals surface area contributed by atoms with E-state index in [0.717, 1.165) is 16.0 Å². The molecule has 0 saturated heterocycles. The third kappa shape index (κ3) is 3.25. The van der Waals surface area contributed by atoms with E-state index in [1.165, 1.54) is 33.2 Å². The molecule has 5 heteroatoms. The zero-order valence-corrected chi connectivity index (χ0v) is 20.6. The number of benzene rings is 2. The van der Waals surface area contributed by atoms with Crippen molar-refractivity contribution in [1.82, 2.24) is 4.57 Å². The van der Waals surface area contributed by atoms with E-state index >= 15 is 0 Å². The Kier molecular flexibility index (Phi) is 4.53. The molecule has 5 aromatic rings. The summed E-state index contributed by atoms with van der Waals surface area (Å²) in [6.07, 6.45) is 0. The van der Waals surface area contributed by atoms with Crippen LogP contribution in [0.25, 0.3) is 37.2 Å². The summed E-state index contributed by atoms with van der Waals surface area (Å²) < 4.78 is 2.21. The van der Waals surface area contributed by atoms with Gasteiger partial charge in [-0.2, -0.15) is 0 Å². The fraction of sp³-hybridized carbons (Fsp3) is 0.286. The minimum Gasteiger partial charge on any atom is -0.503 e. The highest BCUT2D eigenvalue weighted by molar-refractivity contribution is 7.18. The van der Waals surface area contributed by atoms with Crippen molar-refractivity contribution in [3.8, 4) is 21.2 Å². The van der Waals surface area contributed by atoms with Crippen LogP contribution in [0.3, 0.4) is 0 Å². The Labute approximate surface area is 196 Å². The van der Waals surface area contributed by atoms with Crippen molar-refractivity contribution >= 4 is 33.1 Å². The fourth-order valence-electron chi connectivity index (χ4n) is 4.38. The summed E-state index contributed by atoms with van der Waals surface area (Å²) in [5.74, 6) is -0.430. The van der Waals surface area contributed by atoms with Gasteiger partial charge in [0.25, 0.3) is 5.43 Å². The number of nitrogens with zero attached hydrogens (tertiary/aromatic N) is 1. The van der Waals surface area contributed by atoms with Crippen LogP contribution in [0, 0.1) is 0 Å². The van der Waals surface area contributed by atoms with Crippen LogP contribution < -0.4 is 10.9 Å². The van der Waals surface area contributed by atoms with Crippen molar-refractivity contribution in [3.63, 3.8) is 0 Å². The highest BCUT2D eigenvalue weighted by Crippen LogP contribution is 2.40. The van der Waals surface area contributed by atoms with Crippen molar-refractivity contribution in [1.29, 1.82) is 0 Å². The number of aromatic hydroxyl groups is 1. The first kappa shape index (κ1) is 21.7. The van der Waals surface area contributed by atoms with Gasteiger partial charge in [0.15, 0.2) is 5.75 Å². The quantitative estimate of drug-likeness (QED) is 0.312. The van der Waals surface area contributed by atoms with Crippen LogP contribution in [0.5, 0.6) is 5.75 Å². The van der Waals surface area contributed by atoms with Crippen LogP contribution in [-0.2, 0) is 10.8 Å². The largest absolute Gasteiger partial charge is 0.503 e. The first-order chi connectivity index (χ1) is 15.4. The lowest BCUT2D eigenvalue weighted by molar-refractivity contribution is 0.466. The van der Waals surface area contributed by atoms with Gasteiger partial charge in [-0.25, -0.2) is 0 Å². The van der Waals surface area contributed by atoms with Gasteiger partial charge in [-0.15, -0.1) is 11.3 Å². The lowest BCUT2D eigenvalue weighted by Crippen LogP contribution is -2.31. The Morgan fingerprint density at radius 1 is 0.727 bits per heavy atom. The maximum Gasteiger partial charge on any atom is 0.268 e. The molecule has 1 N–H and O–H groups in total. The van der Waals surface area contributed by atoms with Gasteiger partial charge in [-0.1, -0.05) is 53.7 Å². The number of hydrogen-bond acceptors (Lipinski definition) is 4. The summed E-state index contributed by atoms with van der Waals surface area (Å²) in [6.45, 7) is 13.3. The second-order valence-corrected chi connectivity index (χ2v) is 11.9. The molecule has 0 atom stereocenters. The normalized spacial score (nSPS) is 12.9. The molecule has 0 bridgehead atoms. The Morgan fingerprint density at radius 3 is 1.70 bits per heavy atom. The number of rotatable bonds is 2. The van der Waals surface area contributed by atoms with Gasteiger partial charge in [-0.05, 0) is 58.4 Å². The molecule has 33 heavy (non-hydrogen) atoms. The number of fused-ring (bicyclic) bond motifs is 3. The van der Waals surface area contributed by atoms with Gasteiger partial charge >= 0.3 is 0 Å². The van der Waals surface area contributed by atoms with Crippen LogP contribution in [0.4, 0.5) is 0 Å². The van der Waals surface area contributed by atoms with Crippen molar-refractivity contribution in [2.24, 2.45) is 0 Å². The van der Waals surface area contributed by atoms with E-state index in [1.807, 2.05) is 6.07 Å². The second-order valence-electron chi connectivity index (χ2n) is 10.8. The van der Waals surface area contributed by atoms with Crippen LogP contribution in [0.15, 0.2) is 58.1 Å².